The average molecular weight is 316 g/mol. The van der Waals surface area contributed by atoms with Crippen molar-refractivity contribution in [3.8, 4) is 11.3 Å². The van der Waals surface area contributed by atoms with Crippen molar-refractivity contribution >= 4 is 16.5 Å². The Morgan fingerprint density at radius 2 is 2.14 bits per heavy atom. The monoisotopic (exact) mass is 316 g/mol. The quantitative estimate of drug-likeness (QED) is 0.894. The number of nitrogens with one attached hydrogen (secondary N) is 1. The zero-order valence-electron chi connectivity index (χ0n) is 11.6. The molecule has 21 heavy (non-hydrogen) atoms. The Balaban J connectivity index is 2.18. The molecule has 0 spiro atoms. The molecule has 0 fully saturated rings. The van der Waals surface area contributed by atoms with Crippen molar-refractivity contribution < 1.29 is 17.9 Å². The van der Waals surface area contributed by atoms with Gasteiger partial charge in [-0.05, 0) is 19.1 Å². The molecule has 0 amide bonds. The van der Waals surface area contributed by atoms with Crippen LogP contribution in [-0.4, -0.2) is 24.7 Å². The molecule has 1 aromatic carbocycles. The average Bonchev–Trinajstić information content (AvgIpc) is 2.86. The van der Waals surface area contributed by atoms with E-state index in [0.717, 1.165) is 12.1 Å². The highest BCUT2D eigenvalue weighted by atomic mass is 32.1. The first-order chi connectivity index (χ1) is 9.90. The van der Waals surface area contributed by atoms with Crippen LogP contribution in [0.3, 0.4) is 0 Å². The molecular formula is C14H15F3N2OS. The van der Waals surface area contributed by atoms with Crippen LogP contribution in [0.5, 0.6) is 0 Å². The summed E-state index contributed by atoms with van der Waals surface area (Å²) in [4.78, 5) is 4.31. The Kier molecular flexibility index (Phi) is 4.84. The second kappa shape index (κ2) is 6.44. The minimum absolute atomic E-state index is 0.0792. The van der Waals surface area contributed by atoms with E-state index in [-0.39, 0.29) is 6.04 Å². The fraction of sp³-hybridized carbons (Fsp3) is 0.357. The number of nitrogens with zero attached hydrogens (tertiary/aromatic N) is 1. The molecule has 3 nitrogen and oxygen atoms in total. The Hall–Kier alpha value is -1.60. The van der Waals surface area contributed by atoms with Gasteiger partial charge in [0.1, 0.15) is 0 Å². The lowest BCUT2D eigenvalue weighted by molar-refractivity contribution is -0.137. The summed E-state index contributed by atoms with van der Waals surface area (Å²) in [6.45, 7) is 2.47. The zero-order chi connectivity index (χ0) is 15.5. The van der Waals surface area contributed by atoms with Crippen LogP contribution in [0.15, 0.2) is 29.6 Å². The van der Waals surface area contributed by atoms with Crippen molar-refractivity contribution in [3.63, 3.8) is 0 Å². The highest BCUT2D eigenvalue weighted by molar-refractivity contribution is 7.14. The molecule has 0 unspecified atom stereocenters. The molecule has 7 heteroatoms. The Labute approximate surface area is 124 Å². The van der Waals surface area contributed by atoms with Gasteiger partial charge in [-0.15, -0.1) is 11.3 Å². The molecule has 1 N–H and O–H groups in total. The number of alkyl halides is 3. The van der Waals surface area contributed by atoms with E-state index in [9.17, 15) is 13.2 Å². The summed E-state index contributed by atoms with van der Waals surface area (Å²) in [5.41, 5.74) is 0.307. The van der Waals surface area contributed by atoms with E-state index in [1.165, 1.54) is 17.4 Å². The number of halogens is 3. The lowest BCUT2D eigenvalue weighted by Gasteiger charge is -2.10. The van der Waals surface area contributed by atoms with Crippen molar-refractivity contribution in [2.24, 2.45) is 0 Å². The number of hydrogen-bond donors (Lipinski definition) is 1. The Bertz CT molecular complexity index is 598. The van der Waals surface area contributed by atoms with Gasteiger partial charge in [-0.25, -0.2) is 4.98 Å². The van der Waals surface area contributed by atoms with Crippen LogP contribution in [-0.2, 0) is 10.9 Å². The van der Waals surface area contributed by atoms with Crippen LogP contribution < -0.4 is 5.32 Å². The summed E-state index contributed by atoms with van der Waals surface area (Å²) < 4.78 is 43.1. The second-order valence-corrected chi connectivity index (χ2v) is 5.48. The SMILES string of the molecule is COC[C@@H](C)Nc1nc(-c2cccc(C(F)(F)F)c2)cs1. The predicted octanol–water partition coefficient (Wildman–Crippen LogP) is 4.28. The fourth-order valence-electron chi connectivity index (χ4n) is 1.83. The van der Waals surface area contributed by atoms with E-state index in [4.69, 9.17) is 4.74 Å². The van der Waals surface area contributed by atoms with Crippen molar-refractivity contribution in [1.29, 1.82) is 0 Å². The molecule has 0 aliphatic rings. The molecule has 0 saturated carbocycles. The van der Waals surface area contributed by atoms with Gasteiger partial charge in [0.25, 0.3) is 0 Å². The van der Waals surface area contributed by atoms with E-state index >= 15 is 0 Å². The van der Waals surface area contributed by atoms with Crippen molar-refractivity contribution in [2.75, 3.05) is 19.0 Å². The van der Waals surface area contributed by atoms with Crippen LogP contribution in [0.2, 0.25) is 0 Å². The van der Waals surface area contributed by atoms with Crippen LogP contribution in [0, 0.1) is 0 Å². The van der Waals surface area contributed by atoms with Gasteiger partial charge in [-0.3, -0.25) is 0 Å². The molecular weight excluding hydrogens is 301 g/mol. The summed E-state index contributed by atoms with van der Waals surface area (Å²) in [7, 11) is 1.61. The zero-order valence-corrected chi connectivity index (χ0v) is 12.4. The minimum Gasteiger partial charge on any atom is -0.383 e. The molecule has 1 atom stereocenters. The maximum Gasteiger partial charge on any atom is 0.416 e. The summed E-state index contributed by atoms with van der Waals surface area (Å²) in [5, 5.41) is 5.53. The van der Waals surface area contributed by atoms with Gasteiger partial charge >= 0.3 is 6.18 Å². The number of anilines is 1. The van der Waals surface area contributed by atoms with E-state index in [2.05, 4.69) is 10.3 Å². The normalized spacial score (nSPS) is 13.2. The summed E-state index contributed by atoms with van der Waals surface area (Å²) >= 11 is 1.35. The van der Waals surface area contributed by atoms with Crippen LogP contribution in [0.1, 0.15) is 12.5 Å². The van der Waals surface area contributed by atoms with E-state index in [0.29, 0.717) is 23.0 Å². The van der Waals surface area contributed by atoms with E-state index in [1.54, 1.807) is 18.6 Å². The van der Waals surface area contributed by atoms with Crippen molar-refractivity contribution in [3.05, 3.63) is 35.2 Å². The van der Waals surface area contributed by atoms with E-state index < -0.39 is 11.7 Å². The Morgan fingerprint density at radius 1 is 1.38 bits per heavy atom. The third-order valence-corrected chi connectivity index (χ3v) is 3.55. The molecule has 2 rings (SSSR count). The number of ether oxygens (including phenoxy) is 1. The molecule has 0 aliphatic carbocycles. The number of thiazole rings is 1. The van der Waals surface area contributed by atoms with Crippen LogP contribution >= 0.6 is 11.3 Å². The van der Waals surface area contributed by atoms with Gasteiger partial charge in [0.15, 0.2) is 5.13 Å². The first-order valence-corrected chi connectivity index (χ1v) is 7.16. The van der Waals surface area contributed by atoms with Gasteiger partial charge in [-0.1, -0.05) is 12.1 Å². The number of benzene rings is 1. The topological polar surface area (TPSA) is 34.1 Å². The first kappa shape index (κ1) is 15.8. The first-order valence-electron chi connectivity index (χ1n) is 6.29. The summed E-state index contributed by atoms with van der Waals surface area (Å²) in [6.07, 6.45) is -4.35. The van der Waals surface area contributed by atoms with Crippen molar-refractivity contribution in [2.45, 2.75) is 19.1 Å². The lowest BCUT2D eigenvalue weighted by Crippen LogP contribution is -2.20. The van der Waals surface area contributed by atoms with Gasteiger partial charge in [0.2, 0.25) is 0 Å². The van der Waals surface area contributed by atoms with Gasteiger partial charge in [0.05, 0.1) is 17.9 Å². The van der Waals surface area contributed by atoms with Gasteiger partial charge in [-0.2, -0.15) is 13.2 Å². The number of methoxy groups -OCH3 is 1. The Morgan fingerprint density at radius 3 is 2.81 bits per heavy atom. The number of hydrogen-bond acceptors (Lipinski definition) is 4. The summed E-state index contributed by atoms with van der Waals surface area (Å²) in [6, 6.07) is 5.24. The fourth-order valence-corrected chi connectivity index (χ4v) is 2.66. The molecule has 1 aromatic heterocycles. The van der Waals surface area contributed by atoms with Gasteiger partial charge < -0.3 is 10.1 Å². The highest BCUT2D eigenvalue weighted by Crippen LogP contribution is 2.33. The smallest absolute Gasteiger partial charge is 0.383 e. The van der Waals surface area contributed by atoms with Crippen LogP contribution in [0.25, 0.3) is 11.3 Å². The molecule has 0 aliphatic heterocycles. The lowest BCUT2D eigenvalue weighted by atomic mass is 10.1. The molecule has 0 radical (unpaired) electrons. The predicted molar refractivity (Wildman–Crippen MR) is 77.5 cm³/mol. The largest absolute Gasteiger partial charge is 0.416 e. The minimum atomic E-state index is -4.35. The van der Waals surface area contributed by atoms with Gasteiger partial charge in [0, 0.05) is 24.1 Å². The van der Waals surface area contributed by atoms with Crippen molar-refractivity contribution in [1.82, 2.24) is 4.98 Å². The third-order valence-electron chi connectivity index (χ3n) is 2.78. The number of aromatic nitrogens is 1. The summed E-state index contributed by atoms with van der Waals surface area (Å²) in [5.74, 6) is 0. The second-order valence-electron chi connectivity index (χ2n) is 4.62. The maximum atomic E-state index is 12.7. The molecule has 114 valence electrons. The highest BCUT2D eigenvalue weighted by Gasteiger charge is 2.30. The molecule has 1 heterocycles. The molecule has 0 saturated heterocycles. The molecule has 2 aromatic rings. The standard InChI is InChI=1S/C14H15F3N2OS/c1-9(7-20-2)18-13-19-12(8-21-13)10-4-3-5-11(6-10)14(15,16)17/h3-6,8-9H,7H2,1-2H3,(H,18,19)/t9-/m1/s1. The van der Waals surface area contributed by atoms with Crippen LogP contribution in [0.4, 0.5) is 18.3 Å². The third kappa shape index (κ3) is 4.18. The van der Waals surface area contributed by atoms with E-state index in [1.807, 2.05) is 6.92 Å². The number of rotatable bonds is 5. The maximum absolute atomic E-state index is 12.7. The molecule has 0 bridgehead atoms.